The highest BCUT2D eigenvalue weighted by Crippen LogP contribution is 2.24. The van der Waals surface area contributed by atoms with Crippen LogP contribution in [-0.2, 0) is 9.53 Å². The number of hydrogen-bond donors (Lipinski definition) is 0. The highest BCUT2D eigenvalue weighted by atomic mass is 16.6. The van der Waals surface area contributed by atoms with E-state index in [9.17, 15) is 9.59 Å². The molecule has 4 nitrogen and oxygen atoms in total. The molecule has 0 atom stereocenters. The molecule has 1 fully saturated rings. The van der Waals surface area contributed by atoms with E-state index in [-0.39, 0.29) is 24.5 Å². The smallest absolute Gasteiger partial charge is 0.410 e. The van der Waals surface area contributed by atoms with Crippen molar-refractivity contribution in [1.29, 1.82) is 0 Å². The molecule has 0 radical (unpaired) electrons. The van der Waals surface area contributed by atoms with E-state index < -0.39 is 5.60 Å². The van der Waals surface area contributed by atoms with Crippen LogP contribution in [0.1, 0.15) is 66.2 Å². The molecular formula is C15H27NO3. The Kier molecular flexibility index (Phi) is 5.83. The second kappa shape index (κ2) is 6.92. The van der Waals surface area contributed by atoms with Crippen LogP contribution < -0.4 is 0 Å². The third kappa shape index (κ3) is 5.62. The lowest BCUT2D eigenvalue weighted by atomic mass is 9.94. The average molecular weight is 269 g/mol. The van der Waals surface area contributed by atoms with Crippen LogP contribution in [0.2, 0.25) is 0 Å². The molecule has 0 unspecified atom stereocenters. The van der Waals surface area contributed by atoms with Gasteiger partial charge >= 0.3 is 6.09 Å². The molecule has 0 aromatic carbocycles. The molecule has 0 saturated heterocycles. The van der Waals surface area contributed by atoms with E-state index >= 15 is 0 Å². The minimum absolute atomic E-state index is 0.0939. The molecule has 4 heteroatoms. The summed E-state index contributed by atoms with van der Waals surface area (Å²) in [6, 6.07) is 0.166. The van der Waals surface area contributed by atoms with Crippen LogP contribution in [0.25, 0.3) is 0 Å². The van der Waals surface area contributed by atoms with E-state index in [0.717, 1.165) is 25.7 Å². The van der Waals surface area contributed by atoms with Crippen molar-refractivity contribution in [3.05, 3.63) is 0 Å². The highest BCUT2D eigenvalue weighted by molar-refractivity contribution is 5.84. The second-order valence-corrected chi connectivity index (χ2v) is 6.29. The molecule has 0 aromatic heterocycles. The summed E-state index contributed by atoms with van der Waals surface area (Å²) in [7, 11) is 0. The van der Waals surface area contributed by atoms with Gasteiger partial charge in [0, 0.05) is 12.5 Å². The number of carbonyl (C=O) groups excluding carboxylic acids is 2. The predicted octanol–water partition coefficient (Wildman–Crippen LogP) is 3.54. The second-order valence-electron chi connectivity index (χ2n) is 6.29. The molecule has 0 spiro atoms. The van der Waals surface area contributed by atoms with E-state index in [1.807, 2.05) is 27.7 Å². The number of nitrogens with zero attached hydrogens (tertiary/aromatic N) is 1. The van der Waals surface area contributed by atoms with E-state index in [0.29, 0.717) is 6.42 Å². The molecule has 0 aliphatic heterocycles. The number of Topliss-reactive ketones (excluding diaryl/α,β-unsaturated/α-hetero) is 1. The molecule has 1 aliphatic carbocycles. The molecular weight excluding hydrogens is 242 g/mol. The van der Waals surface area contributed by atoms with Gasteiger partial charge < -0.3 is 4.74 Å². The van der Waals surface area contributed by atoms with Gasteiger partial charge in [-0.2, -0.15) is 0 Å². The Morgan fingerprint density at radius 1 is 1.16 bits per heavy atom. The first-order valence-electron chi connectivity index (χ1n) is 7.35. The average Bonchev–Trinajstić information content (AvgIpc) is 2.34. The summed E-state index contributed by atoms with van der Waals surface area (Å²) in [6.07, 6.45) is 5.56. The van der Waals surface area contributed by atoms with Gasteiger partial charge in [0.1, 0.15) is 5.60 Å². The van der Waals surface area contributed by atoms with Crippen molar-refractivity contribution in [2.45, 2.75) is 77.9 Å². The van der Waals surface area contributed by atoms with Gasteiger partial charge in [0.25, 0.3) is 0 Å². The summed E-state index contributed by atoms with van der Waals surface area (Å²) < 4.78 is 5.43. The van der Waals surface area contributed by atoms with Crippen LogP contribution in [0.5, 0.6) is 0 Å². The Morgan fingerprint density at radius 3 is 2.21 bits per heavy atom. The Labute approximate surface area is 116 Å². The fraction of sp³-hybridized carbons (Fsp3) is 0.867. The molecule has 1 aliphatic rings. The maximum atomic E-state index is 12.3. The van der Waals surface area contributed by atoms with E-state index in [1.54, 1.807) is 4.90 Å². The molecule has 0 aromatic rings. The zero-order valence-electron chi connectivity index (χ0n) is 12.7. The minimum atomic E-state index is -0.515. The van der Waals surface area contributed by atoms with Crippen molar-refractivity contribution in [3.63, 3.8) is 0 Å². The quantitative estimate of drug-likeness (QED) is 0.784. The number of amides is 1. The van der Waals surface area contributed by atoms with Gasteiger partial charge in [-0.15, -0.1) is 0 Å². The highest BCUT2D eigenvalue weighted by Gasteiger charge is 2.30. The van der Waals surface area contributed by atoms with Crippen molar-refractivity contribution < 1.29 is 14.3 Å². The third-order valence-electron chi connectivity index (χ3n) is 3.38. The molecule has 0 bridgehead atoms. The Bertz CT molecular complexity index is 314. The Morgan fingerprint density at radius 2 is 1.74 bits per heavy atom. The standard InChI is InChI=1S/C15H27NO3/c1-5-13(17)11-16(12-9-7-6-8-10-12)14(18)19-15(2,3)4/h12H,5-11H2,1-4H3. The number of hydrogen-bond acceptors (Lipinski definition) is 3. The zero-order valence-corrected chi connectivity index (χ0v) is 12.7. The van der Waals surface area contributed by atoms with E-state index in [2.05, 4.69) is 0 Å². The SMILES string of the molecule is CCC(=O)CN(C(=O)OC(C)(C)C)C1CCCCC1. The summed E-state index contributed by atoms with van der Waals surface area (Å²) in [5.41, 5.74) is -0.515. The van der Waals surface area contributed by atoms with Crippen LogP contribution in [0, 0.1) is 0 Å². The van der Waals surface area contributed by atoms with Crippen LogP contribution >= 0.6 is 0 Å². The van der Waals surface area contributed by atoms with Gasteiger partial charge in [0.05, 0.1) is 6.54 Å². The summed E-state index contributed by atoms with van der Waals surface area (Å²) in [5, 5.41) is 0. The molecule has 0 N–H and O–H groups in total. The van der Waals surface area contributed by atoms with Gasteiger partial charge in [-0.1, -0.05) is 26.2 Å². The molecule has 19 heavy (non-hydrogen) atoms. The van der Waals surface area contributed by atoms with Crippen LogP contribution in [0.3, 0.4) is 0 Å². The first-order valence-corrected chi connectivity index (χ1v) is 7.35. The zero-order chi connectivity index (χ0) is 14.5. The fourth-order valence-corrected chi connectivity index (χ4v) is 2.36. The Balaban J connectivity index is 2.72. The summed E-state index contributed by atoms with van der Waals surface area (Å²) in [5.74, 6) is 0.0939. The van der Waals surface area contributed by atoms with E-state index in [1.165, 1.54) is 6.42 Å². The summed E-state index contributed by atoms with van der Waals surface area (Å²) >= 11 is 0. The predicted molar refractivity (Wildman–Crippen MR) is 75.1 cm³/mol. The number of ether oxygens (including phenoxy) is 1. The van der Waals surface area contributed by atoms with Crippen LogP contribution in [-0.4, -0.2) is 35.0 Å². The lowest BCUT2D eigenvalue weighted by Gasteiger charge is -2.35. The molecule has 1 saturated carbocycles. The monoisotopic (exact) mass is 269 g/mol. The minimum Gasteiger partial charge on any atom is -0.444 e. The normalized spacial score (nSPS) is 17.1. The first kappa shape index (κ1) is 16.0. The number of carbonyl (C=O) groups is 2. The van der Waals surface area contributed by atoms with Crippen molar-refractivity contribution in [1.82, 2.24) is 4.90 Å². The van der Waals surface area contributed by atoms with Crippen molar-refractivity contribution in [3.8, 4) is 0 Å². The molecule has 110 valence electrons. The third-order valence-corrected chi connectivity index (χ3v) is 3.38. The molecule has 1 rings (SSSR count). The maximum absolute atomic E-state index is 12.3. The number of rotatable bonds is 4. The Hall–Kier alpha value is -1.06. The molecule has 1 amide bonds. The lowest BCUT2D eigenvalue weighted by molar-refractivity contribution is -0.120. The van der Waals surface area contributed by atoms with Crippen LogP contribution in [0.4, 0.5) is 4.79 Å². The van der Waals surface area contributed by atoms with E-state index in [4.69, 9.17) is 4.74 Å². The fourth-order valence-electron chi connectivity index (χ4n) is 2.36. The lowest BCUT2D eigenvalue weighted by Crippen LogP contribution is -2.46. The summed E-state index contributed by atoms with van der Waals surface area (Å²) in [4.78, 5) is 25.6. The summed E-state index contributed by atoms with van der Waals surface area (Å²) in [6.45, 7) is 7.58. The maximum Gasteiger partial charge on any atom is 0.410 e. The topological polar surface area (TPSA) is 46.6 Å². The van der Waals surface area contributed by atoms with Gasteiger partial charge in [0.15, 0.2) is 5.78 Å². The largest absolute Gasteiger partial charge is 0.444 e. The van der Waals surface area contributed by atoms with Crippen molar-refractivity contribution in [2.24, 2.45) is 0 Å². The van der Waals surface area contributed by atoms with Crippen molar-refractivity contribution in [2.75, 3.05) is 6.54 Å². The van der Waals surface area contributed by atoms with Crippen LogP contribution in [0.15, 0.2) is 0 Å². The molecule has 0 heterocycles. The van der Waals surface area contributed by atoms with Crippen molar-refractivity contribution >= 4 is 11.9 Å². The first-order chi connectivity index (χ1) is 8.83. The van der Waals surface area contributed by atoms with Gasteiger partial charge in [-0.3, -0.25) is 9.69 Å². The van der Waals surface area contributed by atoms with Gasteiger partial charge in [-0.05, 0) is 33.6 Å². The van der Waals surface area contributed by atoms with Gasteiger partial charge in [0.2, 0.25) is 0 Å². The van der Waals surface area contributed by atoms with Gasteiger partial charge in [-0.25, -0.2) is 4.79 Å². The number of ketones is 1.